The van der Waals surface area contributed by atoms with Gasteiger partial charge in [-0.25, -0.2) is 9.97 Å². The summed E-state index contributed by atoms with van der Waals surface area (Å²) in [5.41, 5.74) is 1.05. The summed E-state index contributed by atoms with van der Waals surface area (Å²) in [6.07, 6.45) is 0.799. The normalized spacial score (nSPS) is 10.7. The molecule has 0 aliphatic heterocycles. The van der Waals surface area contributed by atoms with Gasteiger partial charge in [0.25, 0.3) is 0 Å². The van der Waals surface area contributed by atoms with E-state index in [1.165, 1.54) is 0 Å². The zero-order valence-electron chi connectivity index (χ0n) is 12.2. The number of nitrogens with one attached hydrogen (secondary N) is 1. The van der Waals surface area contributed by atoms with Crippen molar-refractivity contribution in [2.24, 2.45) is 0 Å². The largest absolute Gasteiger partial charge is 0.370 e. The summed E-state index contributed by atoms with van der Waals surface area (Å²) in [4.78, 5) is 10.2. The highest BCUT2D eigenvalue weighted by Crippen LogP contribution is 2.34. The van der Waals surface area contributed by atoms with Crippen molar-refractivity contribution in [2.45, 2.75) is 37.1 Å². The summed E-state index contributed by atoms with van der Waals surface area (Å²) >= 11 is 13.6. The maximum atomic E-state index is 6.07. The Morgan fingerprint density at radius 3 is 2.52 bits per heavy atom. The van der Waals surface area contributed by atoms with Gasteiger partial charge < -0.3 is 5.32 Å². The molecule has 0 spiro atoms. The second kappa shape index (κ2) is 7.34. The van der Waals surface area contributed by atoms with Crippen molar-refractivity contribution in [3.8, 4) is 0 Å². The third-order valence-corrected chi connectivity index (χ3v) is 4.73. The van der Waals surface area contributed by atoms with E-state index in [1.807, 2.05) is 26.0 Å². The zero-order valence-corrected chi connectivity index (χ0v) is 14.5. The van der Waals surface area contributed by atoms with E-state index in [4.69, 9.17) is 23.2 Å². The highest BCUT2D eigenvalue weighted by molar-refractivity contribution is 7.99. The monoisotopic (exact) mass is 341 g/mol. The topological polar surface area (TPSA) is 37.8 Å². The summed E-state index contributed by atoms with van der Waals surface area (Å²) < 4.78 is 0. The molecule has 0 radical (unpaired) electrons. The maximum absolute atomic E-state index is 6.07. The molecule has 2 aromatic rings. The molecule has 0 saturated heterocycles. The zero-order chi connectivity index (χ0) is 15.4. The molecule has 2 rings (SSSR count). The minimum absolute atomic E-state index is 0.552. The fourth-order valence-corrected chi connectivity index (χ4v) is 3.09. The molecule has 0 aliphatic rings. The van der Waals surface area contributed by atoms with Crippen molar-refractivity contribution < 1.29 is 0 Å². The van der Waals surface area contributed by atoms with Gasteiger partial charge in [0.05, 0.1) is 10.0 Å². The molecule has 1 N–H and O–H groups in total. The smallest absolute Gasteiger partial charge is 0.133 e. The molecule has 0 fully saturated rings. The molecule has 0 unspecified atom stereocenters. The van der Waals surface area contributed by atoms with Gasteiger partial charge in [0.2, 0.25) is 0 Å². The molecular formula is C15H17Cl2N3S. The number of hydrogen-bond acceptors (Lipinski definition) is 4. The highest BCUT2D eigenvalue weighted by atomic mass is 35.5. The molecule has 0 bridgehead atoms. The molecule has 112 valence electrons. The Balaban J connectivity index is 2.37. The summed E-state index contributed by atoms with van der Waals surface area (Å²) in [7, 11) is 0. The number of halogens is 2. The Kier molecular flexibility index (Phi) is 5.73. The summed E-state index contributed by atoms with van der Waals surface area (Å²) in [6, 6.07) is 5.60. The van der Waals surface area contributed by atoms with Crippen molar-refractivity contribution >= 4 is 40.8 Å². The molecule has 6 heteroatoms. The van der Waals surface area contributed by atoms with Crippen LogP contribution in [0.15, 0.2) is 28.1 Å². The van der Waals surface area contributed by atoms with Gasteiger partial charge >= 0.3 is 0 Å². The van der Waals surface area contributed by atoms with Crippen LogP contribution in [0.5, 0.6) is 0 Å². The predicted molar refractivity (Wildman–Crippen MR) is 90.9 cm³/mol. The van der Waals surface area contributed by atoms with Crippen molar-refractivity contribution in [3.63, 3.8) is 0 Å². The molecule has 0 amide bonds. The van der Waals surface area contributed by atoms with Gasteiger partial charge in [-0.15, -0.1) is 0 Å². The van der Waals surface area contributed by atoms with Crippen LogP contribution in [-0.2, 0) is 6.42 Å². The van der Waals surface area contributed by atoms with Gasteiger partial charge in [-0.05, 0) is 32.0 Å². The third-order valence-electron chi connectivity index (χ3n) is 2.91. The van der Waals surface area contributed by atoms with Crippen LogP contribution in [0.4, 0.5) is 5.82 Å². The van der Waals surface area contributed by atoms with E-state index in [2.05, 4.69) is 22.2 Å². The maximum Gasteiger partial charge on any atom is 0.133 e. The van der Waals surface area contributed by atoms with Gasteiger partial charge in [0.15, 0.2) is 0 Å². The van der Waals surface area contributed by atoms with Crippen LogP contribution in [0.3, 0.4) is 0 Å². The molecule has 0 saturated carbocycles. The first-order valence-corrected chi connectivity index (χ1v) is 8.36. The quantitative estimate of drug-likeness (QED) is 0.755. The molecule has 21 heavy (non-hydrogen) atoms. The summed E-state index contributed by atoms with van der Waals surface area (Å²) in [5, 5.41) is 5.34. The van der Waals surface area contributed by atoms with Gasteiger partial charge in [0.1, 0.15) is 16.7 Å². The lowest BCUT2D eigenvalue weighted by atomic mass is 10.3. The molecule has 0 atom stereocenters. The van der Waals surface area contributed by atoms with Gasteiger partial charge in [-0.3, -0.25) is 0 Å². The third kappa shape index (κ3) is 4.02. The van der Waals surface area contributed by atoms with Crippen LogP contribution in [-0.4, -0.2) is 16.5 Å². The molecule has 0 aliphatic carbocycles. The van der Waals surface area contributed by atoms with E-state index in [-0.39, 0.29) is 0 Å². The van der Waals surface area contributed by atoms with Gasteiger partial charge in [-0.2, -0.15) is 0 Å². The Morgan fingerprint density at radius 2 is 1.90 bits per heavy atom. The van der Waals surface area contributed by atoms with Crippen LogP contribution in [0, 0.1) is 6.92 Å². The Labute approximate surface area is 139 Å². The van der Waals surface area contributed by atoms with Crippen LogP contribution >= 0.6 is 35.0 Å². The van der Waals surface area contributed by atoms with Crippen molar-refractivity contribution in [2.75, 3.05) is 11.9 Å². The van der Waals surface area contributed by atoms with Gasteiger partial charge in [0, 0.05) is 23.4 Å². The number of nitrogens with zero attached hydrogens (tertiary/aromatic N) is 2. The Bertz CT molecular complexity index is 647. The lowest BCUT2D eigenvalue weighted by molar-refractivity contribution is 0.870. The molecule has 3 nitrogen and oxygen atoms in total. The van der Waals surface area contributed by atoms with Gasteiger partial charge in [-0.1, -0.05) is 41.9 Å². The van der Waals surface area contributed by atoms with E-state index in [1.54, 1.807) is 17.8 Å². The first-order valence-electron chi connectivity index (χ1n) is 6.79. The second-order valence-electron chi connectivity index (χ2n) is 4.48. The van der Waals surface area contributed by atoms with Crippen LogP contribution in [0.2, 0.25) is 10.0 Å². The predicted octanol–water partition coefficient (Wildman–Crippen LogP) is 5.24. The van der Waals surface area contributed by atoms with E-state index < -0.39 is 0 Å². The van der Waals surface area contributed by atoms with Crippen LogP contribution < -0.4 is 5.32 Å². The average Bonchev–Trinajstić information content (AvgIpc) is 2.47. The molecule has 1 aromatic carbocycles. The number of aromatic nitrogens is 2. The summed E-state index contributed by atoms with van der Waals surface area (Å²) in [5.74, 6) is 1.73. The SMILES string of the molecule is CCNc1nc(CC)nc(Sc2ccc(Cl)c(Cl)c2)c1C. The van der Waals surface area contributed by atoms with Crippen molar-refractivity contribution in [1.29, 1.82) is 0 Å². The Morgan fingerprint density at radius 1 is 1.14 bits per heavy atom. The minimum atomic E-state index is 0.552. The minimum Gasteiger partial charge on any atom is -0.370 e. The number of benzene rings is 1. The highest BCUT2D eigenvalue weighted by Gasteiger charge is 2.12. The van der Waals surface area contributed by atoms with E-state index in [0.717, 1.165) is 40.1 Å². The van der Waals surface area contributed by atoms with E-state index in [9.17, 15) is 0 Å². The summed E-state index contributed by atoms with van der Waals surface area (Å²) in [6.45, 7) is 6.96. The van der Waals surface area contributed by atoms with E-state index >= 15 is 0 Å². The second-order valence-corrected chi connectivity index (χ2v) is 6.36. The lowest BCUT2D eigenvalue weighted by Crippen LogP contribution is -2.07. The average molecular weight is 342 g/mol. The molecule has 1 aromatic heterocycles. The fourth-order valence-electron chi connectivity index (χ4n) is 1.79. The first kappa shape index (κ1) is 16.4. The van der Waals surface area contributed by atoms with Crippen molar-refractivity contribution in [3.05, 3.63) is 39.6 Å². The van der Waals surface area contributed by atoms with Crippen LogP contribution in [0.1, 0.15) is 25.2 Å². The first-order chi connectivity index (χ1) is 10.0. The lowest BCUT2D eigenvalue weighted by Gasteiger charge is -2.12. The van der Waals surface area contributed by atoms with Crippen LogP contribution in [0.25, 0.3) is 0 Å². The standard InChI is InChI=1S/C15H17Cl2N3S/c1-4-13-19-14(18-5-2)9(3)15(20-13)21-10-6-7-11(16)12(17)8-10/h6-8H,4-5H2,1-3H3,(H,18,19,20). The number of aryl methyl sites for hydroxylation is 1. The van der Waals surface area contributed by atoms with E-state index in [0.29, 0.717) is 10.0 Å². The Hall–Kier alpha value is -0.970. The number of anilines is 1. The number of rotatable bonds is 5. The molecular weight excluding hydrogens is 325 g/mol. The number of hydrogen-bond donors (Lipinski definition) is 1. The van der Waals surface area contributed by atoms with Crippen molar-refractivity contribution in [1.82, 2.24) is 9.97 Å². The fraction of sp³-hybridized carbons (Fsp3) is 0.333. The molecule has 1 heterocycles.